The molecule has 0 aliphatic heterocycles. The van der Waals surface area contributed by atoms with Gasteiger partial charge >= 0.3 is 0 Å². The molecule has 2 heteroatoms. The molecule has 0 heterocycles. The normalized spacial score (nSPS) is 12.7. The van der Waals surface area contributed by atoms with Crippen LogP contribution in [0.4, 0.5) is 0 Å². The number of Topliss-reactive ketones (excluding diaryl/α,β-unsaturated/α-hetero) is 2. The molecule has 0 radical (unpaired) electrons. The van der Waals surface area contributed by atoms with Gasteiger partial charge in [0.1, 0.15) is 11.6 Å². The highest BCUT2D eigenvalue weighted by Gasteiger charge is 2.28. The molecule has 0 aromatic heterocycles. The highest BCUT2D eigenvalue weighted by molar-refractivity contribution is 6.00. The van der Waals surface area contributed by atoms with Crippen LogP contribution in [0.5, 0.6) is 0 Å². The fraction of sp³-hybridized carbons (Fsp3) is 0.636. The van der Waals surface area contributed by atoms with Crippen LogP contribution in [-0.4, -0.2) is 11.6 Å². The quantitative estimate of drug-likeness (QED) is 0.483. The summed E-state index contributed by atoms with van der Waals surface area (Å²) in [5.74, 6) is -0.581. The van der Waals surface area contributed by atoms with Gasteiger partial charge in [0.15, 0.2) is 0 Å². The fourth-order valence-corrected chi connectivity index (χ4v) is 1.72. The Hall–Kier alpha value is -0.920. The molecule has 0 saturated carbocycles. The lowest BCUT2D eigenvalue weighted by Crippen LogP contribution is -2.28. The first kappa shape index (κ1) is 12.1. The Labute approximate surface area is 80.0 Å². The third kappa shape index (κ3) is 3.13. The molecule has 0 rings (SSSR count). The molecule has 0 aliphatic rings. The van der Waals surface area contributed by atoms with E-state index in [1.54, 1.807) is 0 Å². The number of allylic oxidation sites excluding steroid dienone is 1. The summed E-state index contributed by atoms with van der Waals surface area (Å²) >= 11 is 0. The van der Waals surface area contributed by atoms with Crippen molar-refractivity contribution in [1.29, 1.82) is 0 Å². The predicted octanol–water partition coefficient (Wildman–Crippen LogP) is 2.38. The Kier molecular flexibility index (Phi) is 4.60. The molecule has 0 N–H and O–H groups in total. The van der Waals surface area contributed by atoms with E-state index in [9.17, 15) is 9.59 Å². The zero-order valence-electron chi connectivity index (χ0n) is 8.89. The Balaban J connectivity index is 4.80. The minimum atomic E-state index is -0.484. The van der Waals surface area contributed by atoms with E-state index in [1.807, 2.05) is 13.8 Å². The number of hydrogen-bond acceptors (Lipinski definition) is 2. The largest absolute Gasteiger partial charge is 0.299 e. The van der Waals surface area contributed by atoms with Gasteiger partial charge in [-0.1, -0.05) is 19.1 Å². The minimum absolute atomic E-state index is 0.00926. The summed E-state index contributed by atoms with van der Waals surface area (Å²) < 4.78 is 0. The molecule has 0 spiro atoms. The van der Waals surface area contributed by atoms with E-state index in [0.29, 0.717) is 0 Å². The van der Waals surface area contributed by atoms with Crippen molar-refractivity contribution >= 4 is 11.6 Å². The van der Waals surface area contributed by atoms with Crippen LogP contribution in [0, 0.1) is 11.8 Å². The molecule has 0 aromatic carbocycles. The smallest absolute Gasteiger partial charge is 0.140 e. The summed E-state index contributed by atoms with van der Waals surface area (Å²) in [6.07, 6.45) is 0.791. The molecular formula is C11H18O2. The second kappa shape index (κ2) is 4.95. The SMILES string of the molecule is C=C(C)C(CC)C(C(C)=O)C(C)=O. The van der Waals surface area contributed by atoms with Crippen molar-refractivity contribution in [1.82, 2.24) is 0 Å². The molecule has 0 saturated heterocycles. The van der Waals surface area contributed by atoms with Gasteiger partial charge in [0.05, 0.1) is 5.92 Å². The van der Waals surface area contributed by atoms with Crippen LogP contribution < -0.4 is 0 Å². The molecule has 0 fully saturated rings. The fourth-order valence-electron chi connectivity index (χ4n) is 1.72. The van der Waals surface area contributed by atoms with Crippen molar-refractivity contribution in [2.24, 2.45) is 11.8 Å². The maximum atomic E-state index is 11.2. The van der Waals surface area contributed by atoms with Gasteiger partial charge in [0.2, 0.25) is 0 Å². The number of carbonyl (C=O) groups is 2. The summed E-state index contributed by atoms with van der Waals surface area (Å²) in [6, 6.07) is 0. The lowest BCUT2D eigenvalue weighted by atomic mass is 9.80. The number of ketones is 2. The van der Waals surface area contributed by atoms with Crippen molar-refractivity contribution in [3.63, 3.8) is 0 Å². The average Bonchev–Trinajstić information content (AvgIpc) is 1.97. The Morgan fingerprint density at radius 3 is 1.62 bits per heavy atom. The molecule has 1 atom stereocenters. The van der Waals surface area contributed by atoms with E-state index in [1.165, 1.54) is 13.8 Å². The lowest BCUT2D eigenvalue weighted by molar-refractivity contribution is -0.132. The molecule has 0 aromatic rings. The zero-order chi connectivity index (χ0) is 10.6. The monoisotopic (exact) mass is 182 g/mol. The maximum absolute atomic E-state index is 11.2. The van der Waals surface area contributed by atoms with E-state index in [0.717, 1.165) is 12.0 Å². The first-order valence-electron chi connectivity index (χ1n) is 4.58. The van der Waals surface area contributed by atoms with Crippen molar-refractivity contribution in [3.05, 3.63) is 12.2 Å². The van der Waals surface area contributed by atoms with E-state index >= 15 is 0 Å². The third-order valence-electron chi connectivity index (χ3n) is 2.35. The van der Waals surface area contributed by atoms with Crippen LogP contribution in [0.3, 0.4) is 0 Å². The van der Waals surface area contributed by atoms with Crippen LogP contribution in [-0.2, 0) is 9.59 Å². The Morgan fingerprint density at radius 2 is 1.54 bits per heavy atom. The van der Waals surface area contributed by atoms with Gasteiger partial charge < -0.3 is 0 Å². The van der Waals surface area contributed by atoms with Crippen molar-refractivity contribution in [2.45, 2.75) is 34.1 Å². The summed E-state index contributed by atoms with van der Waals surface area (Å²) in [7, 11) is 0. The summed E-state index contributed by atoms with van der Waals surface area (Å²) in [5, 5.41) is 0. The van der Waals surface area contributed by atoms with E-state index < -0.39 is 5.92 Å². The number of rotatable bonds is 5. The van der Waals surface area contributed by atoms with E-state index in [4.69, 9.17) is 0 Å². The van der Waals surface area contributed by atoms with Crippen molar-refractivity contribution in [2.75, 3.05) is 0 Å². The van der Waals surface area contributed by atoms with Crippen LogP contribution in [0.15, 0.2) is 12.2 Å². The van der Waals surface area contributed by atoms with Crippen LogP contribution in [0.1, 0.15) is 34.1 Å². The van der Waals surface area contributed by atoms with Gasteiger partial charge in [0, 0.05) is 0 Å². The van der Waals surface area contributed by atoms with E-state index in [2.05, 4.69) is 6.58 Å². The third-order valence-corrected chi connectivity index (χ3v) is 2.35. The highest BCUT2D eigenvalue weighted by atomic mass is 16.1. The minimum Gasteiger partial charge on any atom is -0.299 e. The van der Waals surface area contributed by atoms with Crippen LogP contribution >= 0.6 is 0 Å². The van der Waals surface area contributed by atoms with Gasteiger partial charge in [-0.2, -0.15) is 0 Å². The first-order valence-corrected chi connectivity index (χ1v) is 4.58. The highest BCUT2D eigenvalue weighted by Crippen LogP contribution is 2.24. The van der Waals surface area contributed by atoms with Crippen LogP contribution in [0.25, 0.3) is 0 Å². The van der Waals surface area contributed by atoms with Crippen molar-refractivity contribution in [3.8, 4) is 0 Å². The lowest BCUT2D eigenvalue weighted by Gasteiger charge is -2.21. The molecule has 74 valence electrons. The predicted molar refractivity (Wildman–Crippen MR) is 53.4 cm³/mol. The topological polar surface area (TPSA) is 34.1 Å². The van der Waals surface area contributed by atoms with Crippen LogP contribution in [0.2, 0.25) is 0 Å². The van der Waals surface area contributed by atoms with Gasteiger partial charge in [0.25, 0.3) is 0 Å². The average molecular weight is 182 g/mol. The first-order chi connectivity index (χ1) is 5.91. The standard InChI is InChI=1S/C11H18O2/c1-6-10(7(2)3)11(8(4)12)9(5)13/h10-11H,2,6H2,1,3-5H3. The molecule has 1 unspecified atom stereocenters. The zero-order valence-corrected chi connectivity index (χ0v) is 8.89. The van der Waals surface area contributed by atoms with Gasteiger partial charge in [-0.05, 0) is 33.1 Å². The Bertz CT molecular complexity index is 214. The molecule has 0 aliphatic carbocycles. The molecular weight excluding hydrogens is 164 g/mol. The molecule has 2 nitrogen and oxygen atoms in total. The molecule has 13 heavy (non-hydrogen) atoms. The van der Waals surface area contributed by atoms with Gasteiger partial charge in [-0.25, -0.2) is 0 Å². The van der Waals surface area contributed by atoms with Gasteiger partial charge in [-0.15, -0.1) is 0 Å². The number of hydrogen-bond donors (Lipinski definition) is 0. The summed E-state index contributed by atoms with van der Waals surface area (Å²) in [5.41, 5.74) is 0.915. The van der Waals surface area contributed by atoms with Crippen molar-refractivity contribution < 1.29 is 9.59 Å². The second-order valence-electron chi connectivity index (χ2n) is 3.56. The summed E-state index contributed by atoms with van der Waals surface area (Å²) in [4.78, 5) is 22.5. The molecule has 0 amide bonds. The molecule has 0 bridgehead atoms. The Morgan fingerprint density at radius 1 is 1.15 bits per heavy atom. The maximum Gasteiger partial charge on any atom is 0.140 e. The number of carbonyl (C=O) groups excluding carboxylic acids is 2. The van der Waals surface area contributed by atoms with Gasteiger partial charge in [-0.3, -0.25) is 9.59 Å². The van der Waals surface area contributed by atoms with E-state index in [-0.39, 0.29) is 17.5 Å². The second-order valence-corrected chi connectivity index (χ2v) is 3.56. The summed E-state index contributed by atoms with van der Waals surface area (Å²) in [6.45, 7) is 10.6.